The number of hydrogen-bond donors (Lipinski definition) is 0. The van der Waals surface area contributed by atoms with E-state index in [1.54, 1.807) is 0 Å². The summed E-state index contributed by atoms with van der Waals surface area (Å²) in [5, 5.41) is -1.72. The van der Waals surface area contributed by atoms with E-state index in [1.807, 2.05) is 0 Å². The lowest BCUT2D eigenvalue weighted by atomic mass is 9.90. The number of carbonyl (C=O) groups excluding carboxylic acids is 1. The number of allylic oxidation sites excluding steroid dienone is 2. The highest BCUT2D eigenvalue weighted by molar-refractivity contribution is 6.46. The van der Waals surface area contributed by atoms with Gasteiger partial charge in [0, 0.05) is 0 Å². The quantitative estimate of drug-likeness (QED) is 0.403. The van der Waals surface area contributed by atoms with Crippen molar-refractivity contribution in [2.45, 2.75) is 5.92 Å². The van der Waals surface area contributed by atoms with Crippen LogP contribution in [0.15, 0.2) is 10.9 Å². The lowest BCUT2D eigenvalue weighted by molar-refractivity contribution is 0.00483. The van der Waals surface area contributed by atoms with E-state index in [9.17, 15) is 35.5 Å². The van der Waals surface area contributed by atoms with Crippen molar-refractivity contribution in [3.63, 3.8) is 0 Å². The lowest BCUT2D eigenvalue weighted by Crippen LogP contribution is -2.30. The molecular weight excluding hydrogens is 305 g/mol. The first-order chi connectivity index (χ1) is 8.62. The van der Waals surface area contributed by atoms with Crippen LogP contribution in [-0.2, 0) is 5.92 Å². The van der Waals surface area contributed by atoms with Gasteiger partial charge in [0.05, 0.1) is 11.1 Å². The van der Waals surface area contributed by atoms with Gasteiger partial charge in [0.2, 0.25) is 5.78 Å². The van der Waals surface area contributed by atoms with Crippen molar-refractivity contribution in [1.82, 2.24) is 0 Å². The molecule has 1 aliphatic carbocycles. The molecule has 1 aromatic carbocycles. The molecule has 0 atom stereocenters. The van der Waals surface area contributed by atoms with Gasteiger partial charge in [-0.2, -0.15) is 8.78 Å². The fourth-order valence-electron chi connectivity index (χ4n) is 1.60. The number of fused-ring (bicyclic) bond motifs is 1. The molecule has 0 fully saturated rings. The van der Waals surface area contributed by atoms with Gasteiger partial charge < -0.3 is 0 Å². The molecule has 0 spiro atoms. The summed E-state index contributed by atoms with van der Waals surface area (Å²) < 4.78 is 92.2. The Morgan fingerprint density at radius 1 is 0.842 bits per heavy atom. The Morgan fingerprint density at radius 2 is 1.32 bits per heavy atom. The molecule has 1 aliphatic rings. The third-order valence-electron chi connectivity index (χ3n) is 2.48. The molecular formula is C10ClF7O. The molecule has 0 radical (unpaired) electrons. The zero-order chi connectivity index (χ0) is 14.7. The Bertz CT molecular complexity index is 650. The molecule has 19 heavy (non-hydrogen) atoms. The standard InChI is InChI=1S/C10ClF7O/c11-3-8(19)1-2(10(17,18)9(3)16)5(13)7(15)6(14)4(1)12. The first-order valence-corrected chi connectivity index (χ1v) is 4.84. The molecule has 2 rings (SSSR count). The summed E-state index contributed by atoms with van der Waals surface area (Å²) in [7, 11) is 0. The van der Waals surface area contributed by atoms with Crippen LogP contribution >= 0.6 is 11.6 Å². The minimum Gasteiger partial charge on any atom is -0.287 e. The topological polar surface area (TPSA) is 17.1 Å². The van der Waals surface area contributed by atoms with E-state index in [1.165, 1.54) is 0 Å². The number of carbonyl (C=O) groups is 1. The van der Waals surface area contributed by atoms with Crippen molar-refractivity contribution >= 4 is 17.4 Å². The van der Waals surface area contributed by atoms with Gasteiger partial charge in [0.1, 0.15) is 5.03 Å². The van der Waals surface area contributed by atoms with Crippen molar-refractivity contribution in [3.05, 3.63) is 45.3 Å². The highest BCUT2D eigenvalue weighted by Crippen LogP contribution is 2.48. The second-order valence-electron chi connectivity index (χ2n) is 3.54. The number of ketones is 1. The average Bonchev–Trinajstić information content (AvgIpc) is 2.35. The number of Topliss-reactive ketones (excluding diaryl/α,β-unsaturated/α-hetero) is 1. The van der Waals surface area contributed by atoms with E-state index in [2.05, 4.69) is 0 Å². The summed E-state index contributed by atoms with van der Waals surface area (Å²) in [6, 6.07) is 0. The van der Waals surface area contributed by atoms with Gasteiger partial charge in [0.15, 0.2) is 29.1 Å². The SMILES string of the molecule is O=C1C(Cl)=C(F)C(F)(F)c2c(F)c(F)c(F)c(F)c21. The van der Waals surface area contributed by atoms with Crippen LogP contribution in [0.5, 0.6) is 0 Å². The third kappa shape index (κ3) is 1.59. The molecule has 0 saturated carbocycles. The highest BCUT2D eigenvalue weighted by atomic mass is 35.5. The van der Waals surface area contributed by atoms with Gasteiger partial charge in [-0.05, 0) is 0 Å². The maximum Gasteiger partial charge on any atom is 0.329 e. The number of hydrogen-bond acceptors (Lipinski definition) is 1. The second kappa shape index (κ2) is 3.96. The molecule has 0 aliphatic heterocycles. The minimum absolute atomic E-state index is 1.72. The van der Waals surface area contributed by atoms with E-state index in [0.29, 0.717) is 0 Å². The van der Waals surface area contributed by atoms with Crippen LogP contribution in [0.25, 0.3) is 0 Å². The Morgan fingerprint density at radius 3 is 1.84 bits per heavy atom. The van der Waals surface area contributed by atoms with E-state index in [0.717, 1.165) is 0 Å². The maximum absolute atomic E-state index is 13.4. The van der Waals surface area contributed by atoms with Crippen LogP contribution < -0.4 is 0 Å². The predicted octanol–water partition coefficient (Wildman–Crippen LogP) is 3.95. The van der Waals surface area contributed by atoms with Crippen LogP contribution in [0.2, 0.25) is 0 Å². The molecule has 0 saturated heterocycles. The molecule has 0 unspecified atom stereocenters. The predicted molar refractivity (Wildman–Crippen MR) is 48.5 cm³/mol. The monoisotopic (exact) mass is 304 g/mol. The normalized spacial score (nSPS) is 17.8. The van der Waals surface area contributed by atoms with Crippen LogP contribution in [0.3, 0.4) is 0 Å². The average molecular weight is 305 g/mol. The molecule has 1 nitrogen and oxygen atoms in total. The fourth-order valence-corrected chi connectivity index (χ4v) is 1.81. The van der Waals surface area contributed by atoms with Gasteiger partial charge in [-0.15, -0.1) is 0 Å². The largest absolute Gasteiger partial charge is 0.329 e. The summed E-state index contributed by atoms with van der Waals surface area (Å²) in [4.78, 5) is 11.3. The molecule has 0 N–H and O–H groups in total. The van der Waals surface area contributed by atoms with E-state index < -0.39 is 57.0 Å². The van der Waals surface area contributed by atoms with Crippen LogP contribution in [0, 0.1) is 23.3 Å². The lowest BCUT2D eigenvalue weighted by Gasteiger charge is -2.24. The maximum atomic E-state index is 13.4. The molecule has 0 heterocycles. The molecule has 1 aromatic rings. The van der Waals surface area contributed by atoms with Gasteiger partial charge in [-0.1, -0.05) is 11.6 Å². The smallest absolute Gasteiger partial charge is 0.287 e. The first-order valence-electron chi connectivity index (χ1n) is 4.47. The highest BCUT2D eigenvalue weighted by Gasteiger charge is 2.52. The van der Waals surface area contributed by atoms with Gasteiger partial charge in [-0.25, -0.2) is 22.0 Å². The summed E-state index contributed by atoms with van der Waals surface area (Å²) in [5.41, 5.74) is -4.04. The summed E-state index contributed by atoms with van der Waals surface area (Å²) in [5.74, 6) is -19.3. The van der Waals surface area contributed by atoms with Crippen molar-refractivity contribution in [2.24, 2.45) is 0 Å². The van der Waals surface area contributed by atoms with Crippen molar-refractivity contribution in [3.8, 4) is 0 Å². The molecule has 0 aromatic heterocycles. The van der Waals surface area contributed by atoms with Crippen LogP contribution in [-0.4, -0.2) is 5.78 Å². The Balaban J connectivity index is 3.01. The molecule has 0 bridgehead atoms. The Labute approximate surface area is 105 Å². The number of benzene rings is 1. The fraction of sp³-hybridized carbons (Fsp3) is 0.100. The van der Waals surface area contributed by atoms with Crippen molar-refractivity contribution in [1.29, 1.82) is 0 Å². The van der Waals surface area contributed by atoms with Gasteiger partial charge in [-0.3, -0.25) is 4.79 Å². The van der Waals surface area contributed by atoms with Crippen molar-refractivity contribution < 1.29 is 35.5 Å². The summed E-state index contributed by atoms with van der Waals surface area (Å²) >= 11 is 4.92. The number of rotatable bonds is 0. The van der Waals surface area contributed by atoms with Gasteiger partial charge >= 0.3 is 5.92 Å². The Kier molecular flexibility index (Phi) is 2.89. The number of halogens is 8. The minimum atomic E-state index is -4.88. The van der Waals surface area contributed by atoms with E-state index >= 15 is 0 Å². The Hall–Kier alpha value is -1.57. The third-order valence-corrected chi connectivity index (χ3v) is 2.81. The molecule has 9 heteroatoms. The first kappa shape index (κ1) is 13.9. The second-order valence-corrected chi connectivity index (χ2v) is 3.92. The number of alkyl halides is 2. The van der Waals surface area contributed by atoms with Crippen molar-refractivity contribution in [2.75, 3.05) is 0 Å². The van der Waals surface area contributed by atoms with Gasteiger partial charge in [0.25, 0.3) is 0 Å². The summed E-state index contributed by atoms with van der Waals surface area (Å²) in [6.07, 6.45) is 0. The van der Waals surface area contributed by atoms with Crippen LogP contribution in [0.1, 0.15) is 15.9 Å². The zero-order valence-electron chi connectivity index (χ0n) is 8.43. The molecule has 102 valence electrons. The summed E-state index contributed by atoms with van der Waals surface area (Å²) in [6.45, 7) is 0. The van der Waals surface area contributed by atoms with E-state index in [-0.39, 0.29) is 0 Å². The zero-order valence-corrected chi connectivity index (χ0v) is 9.19. The molecule has 0 amide bonds. The van der Waals surface area contributed by atoms with Crippen LogP contribution in [0.4, 0.5) is 30.7 Å². The van der Waals surface area contributed by atoms with E-state index in [4.69, 9.17) is 11.6 Å².